The fourth-order valence-corrected chi connectivity index (χ4v) is 4.34. The van der Waals surface area contributed by atoms with Crippen LogP contribution in [0, 0.1) is 5.82 Å². The molecule has 0 spiro atoms. The molecule has 0 saturated heterocycles. The number of rotatable bonds is 9. The number of aryl methyl sites for hydroxylation is 1. The third kappa shape index (κ3) is 5.66. The lowest BCUT2D eigenvalue weighted by Gasteiger charge is -2.19. The molecule has 1 heterocycles. The van der Waals surface area contributed by atoms with E-state index in [0.29, 0.717) is 0 Å². The molecule has 0 fully saturated rings. The topological polar surface area (TPSA) is 18.5 Å². The second kappa shape index (κ2) is 10.00. The summed E-state index contributed by atoms with van der Waals surface area (Å²) in [6.07, 6.45) is 5.52. The zero-order valence-corrected chi connectivity index (χ0v) is 18.4. The smallest absolute Gasteiger partial charge is 0.123 e. The van der Waals surface area contributed by atoms with Crippen molar-refractivity contribution in [3.8, 4) is 11.5 Å². The van der Waals surface area contributed by atoms with Crippen LogP contribution in [0.3, 0.4) is 0 Å². The van der Waals surface area contributed by atoms with Gasteiger partial charge in [0.1, 0.15) is 17.3 Å². The van der Waals surface area contributed by atoms with Gasteiger partial charge in [-0.3, -0.25) is 0 Å². The molecule has 0 bridgehead atoms. The van der Waals surface area contributed by atoms with E-state index in [1.165, 1.54) is 16.7 Å². The predicted octanol–water partition coefficient (Wildman–Crippen LogP) is 7.09. The zero-order chi connectivity index (χ0) is 21.6. The van der Waals surface area contributed by atoms with Crippen LogP contribution in [-0.4, -0.2) is 12.7 Å². The Labute approximate surface area is 185 Å². The number of fused-ring (bicyclic) bond motifs is 1. The maximum atomic E-state index is 13.5. The van der Waals surface area contributed by atoms with Crippen molar-refractivity contribution in [3.63, 3.8) is 0 Å². The summed E-state index contributed by atoms with van der Waals surface area (Å²) in [5.41, 5.74) is 5.13. The van der Waals surface area contributed by atoms with E-state index in [0.717, 1.165) is 55.8 Å². The second-order valence-corrected chi connectivity index (χ2v) is 8.63. The Bertz CT molecular complexity index is 977. The van der Waals surface area contributed by atoms with E-state index in [1.807, 2.05) is 38.1 Å². The largest absolute Gasteiger partial charge is 0.493 e. The van der Waals surface area contributed by atoms with E-state index < -0.39 is 0 Å². The van der Waals surface area contributed by atoms with E-state index in [-0.39, 0.29) is 17.8 Å². The molecule has 0 amide bonds. The second-order valence-electron chi connectivity index (χ2n) is 8.63. The Balaban J connectivity index is 1.41. The van der Waals surface area contributed by atoms with Crippen LogP contribution in [0.5, 0.6) is 11.5 Å². The number of benzene rings is 3. The van der Waals surface area contributed by atoms with Crippen molar-refractivity contribution in [2.75, 3.05) is 6.61 Å². The van der Waals surface area contributed by atoms with Crippen molar-refractivity contribution in [2.45, 2.75) is 58.0 Å². The number of hydrogen-bond donors (Lipinski definition) is 0. The Kier molecular flexibility index (Phi) is 6.91. The third-order valence-electron chi connectivity index (χ3n) is 5.89. The van der Waals surface area contributed by atoms with Gasteiger partial charge in [0.05, 0.1) is 12.7 Å². The van der Waals surface area contributed by atoms with Crippen LogP contribution in [0.15, 0.2) is 66.7 Å². The Morgan fingerprint density at radius 2 is 1.61 bits per heavy atom. The van der Waals surface area contributed by atoms with E-state index >= 15 is 0 Å². The van der Waals surface area contributed by atoms with E-state index in [9.17, 15) is 4.39 Å². The summed E-state index contributed by atoms with van der Waals surface area (Å²) in [6, 6.07) is 21.9. The molecule has 1 atom stereocenters. The Morgan fingerprint density at radius 3 is 2.32 bits per heavy atom. The fourth-order valence-electron chi connectivity index (χ4n) is 4.34. The number of hydrogen-bond acceptors (Lipinski definition) is 2. The first-order valence-corrected chi connectivity index (χ1v) is 11.3. The molecule has 3 aromatic carbocycles. The van der Waals surface area contributed by atoms with Gasteiger partial charge in [-0.2, -0.15) is 0 Å². The lowest BCUT2D eigenvalue weighted by Crippen LogP contribution is -2.06. The molecule has 4 rings (SSSR count). The highest BCUT2D eigenvalue weighted by Gasteiger charge is 2.15. The summed E-state index contributed by atoms with van der Waals surface area (Å²) in [4.78, 5) is 0. The highest BCUT2D eigenvalue weighted by atomic mass is 19.1. The number of ether oxygens (including phenoxy) is 2. The quantitative estimate of drug-likeness (QED) is 0.345. The van der Waals surface area contributed by atoms with Gasteiger partial charge in [0, 0.05) is 12.3 Å². The van der Waals surface area contributed by atoms with Crippen LogP contribution >= 0.6 is 0 Å². The average molecular weight is 419 g/mol. The standard InChI is InChI=1S/C28H31FO2/c1-20(2)31-26-14-10-23(11-15-26)27(22-8-12-25(29)13-9-22)6-4-3-5-21-7-16-28-24(19-21)17-18-30-28/h7-16,19-20,27H,3-6,17-18H2,1-2H3. The Morgan fingerprint density at radius 1 is 0.903 bits per heavy atom. The molecule has 2 nitrogen and oxygen atoms in total. The lowest BCUT2D eigenvalue weighted by atomic mass is 9.86. The van der Waals surface area contributed by atoms with Crippen molar-refractivity contribution < 1.29 is 13.9 Å². The molecule has 0 radical (unpaired) electrons. The van der Waals surface area contributed by atoms with Crippen molar-refractivity contribution in [3.05, 3.63) is 94.8 Å². The van der Waals surface area contributed by atoms with Gasteiger partial charge in [-0.15, -0.1) is 0 Å². The molecule has 162 valence electrons. The van der Waals surface area contributed by atoms with Gasteiger partial charge >= 0.3 is 0 Å². The van der Waals surface area contributed by atoms with Crippen LogP contribution < -0.4 is 9.47 Å². The summed E-state index contributed by atoms with van der Waals surface area (Å²) in [7, 11) is 0. The molecule has 0 saturated carbocycles. The third-order valence-corrected chi connectivity index (χ3v) is 5.89. The minimum Gasteiger partial charge on any atom is -0.493 e. The van der Waals surface area contributed by atoms with Crippen molar-refractivity contribution in [2.24, 2.45) is 0 Å². The molecule has 0 aromatic heterocycles. The molecular weight excluding hydrogens is 387 g/mol. The van der Waals surface area contributed by atoms with Gasteiger partial charge < -0.3 is 9.47 Å². The molecular formula is C28H31FO2. The first-order chi connectivity index (χ1) is 15.1. The maximum absolute atomic E-state index is 13.5. The zero-order valence-electron chi connectivity index (χ0n) is 18.4. The normalized spacial score (nSPS) is 13.7. The fraction of sp³-hybridized carbons (Fsp3) is 0.357. The highest BCUT2D eigenvalue weighted by Crippen LogP contribution is 2.32. The minimum absolute atomic E-state index is 0.157. The number of unbranched alkanes of at least 4 members (excludes halogenated alkanes) is 1. The molecule has 1 unspecified atom stereocenters. The van der Waals surface area contributed by atoms with Crippen molar-refractivity contribution in [1.29, 1.82) is 0 Å². The number of halogens is 1. The van der Waals surface area contributed by atoms with E-state index in [2.05, 4.69) is 30.3 Å². The summed E-state index contributed by atoms with van der Waals surface area (Å²) in [5, 5.41) is 0. The molecule has 3 heteroatoms. The van der Waals surface area contributed by atoms with Gasteiger partial charge in [-0.05, 0) is 85.7 Å². The summed E-state index contributed by atoms with van der Waals surface area (Å²) < 4.78 is 24.9. The van der Waals surface area contributed by atoms with Gasteiger partial charge in [0.2, 0.25) is 0 Å². The first-order valence-electron chi connectivity index (χ1n) is 11.3. The van der Waals surface area contributed by atoms with Gasteiger partial charge in [0.25, 0.3) is 0 Å². The van der Waals surface area contributed by atoms with Crippen molar-refractivity contribution >= 4 is 0 Å². The SMILES string of the molecule is CC(C)Oc1ccc(C(CCCCc2ccc3c(c2)CCO3)c2ccc(F)cc2)cc1. The summed E-state index contributed by atoms with van der Waals surface area (Å²) >= 11 is 0. The van der Waals surface area contributed by atoms with Crippen LogP contribution in [0.25, 0.3) is 0 Å². The van der Waals surface area contributed by atoms with Gasteiger partial charge in [-0.25, -0.2) is 4.39 Å². The molecule has 3 aromatic rings. The molecule has 0 aliphatic carbocycles. The molecule has 1 aliphatic heterocycles. The van der Waals surface area contributed by atoms with Crippen LogP contribution in [0.4, 0.5) is 4.39 Å². The molecule has 1 aliphatic rings. The maximum Gasteiger partial charge on any atom is 0.123 e. The Hall–Kier alpha value is -2.81. The van der Waals surface area contributed by atoms with Crippen LogP contribution in [-0.2, 0) is 12.8 Å². The highest BCUT2D eigenvalue weighted by molar-refractivity contribution is 5.40. The predicted molar refractivity (Wildman–Crippen MR) is 124 cm³/mol. The van der Waals surface area contributed by atoms with Crippen molar-refractivity contribution in [1.82, 2.24) is 0 Å². The van der Waals surface area contributed by atoms with E-state index in [4.69, 9.17) is 9.47 Å². The minimum atomic E-state index is -0.191. The molecule has 31 heavy (non-hydrogen) atoms. The van der Waals surface area contributed by atoms with Gasteiger partial charge in [-0.1, -0.05) is 42.8 Å². The van der Waals surface area contributed by atoms with E-state index in [1.54, 1.807) is 12.1 Å². The first kappa shape index (κ1) is 21.4. The molecule has 0 N–H and O–H groups in total. The van der Waals surface area contributed by atoms with Crippen LogP contribution in [0.2, 0.25) is 0 Å². The van der Waals surface area contributed by atoms with Gasteiger partial charge in [0.15, 0.2) is 0 Å². The monoisotopic (exact) mass is 418 g/mol. The lowest BCUT2D eigenvalue weighted by molar-refractivity contribution is 0.242. The average Bonchev–Trinajstić information content (AvgIpc) is 3.23. The van der Waals surface area contributed by atoms with Crippen LogP contribution in [0.1, 0.15) is 61.3 Å². The summed E-state index contributed by atoms with van der Waals surface area (Å²) in [6.45, 7) is 4.87. The summed E-state index contributed by atoms with van der Waals surface area (Å²) in [5.74, 6) is 1.99.